The van der Waals surface area contributed by atoms with Crippen LogP contribution in [0.3, 0.4) is 0 Å². The van der Waals surface area contributed by atoms with E-state index in [0.717, 1.165) is 6.42 Å². The van der Waals surface area contributed by atoms with Crippen LogP contribution < -0.4 is 5.73 Å². The molecule has 0 saturated carbocycles. The third-order valence-corrected chi connectivity index (χ3v) is 2.93. The summed E-state index contributed by atoms with van der Waals surface area (Å²) in [6.07, 6.45) is 1.45. The van der Waals surface area contributed by atoms with Gasteiger partial charge in [0.2, 0.25) is 0 Å². The van der Waals surface area contributed by atoms with Crippen LogP contribution in [0.4, 0.5) is 8.78 Å². The van der Waals surface area contributed by atoms with E-state index in [1.165, 1.54) is 12.1 Å². The summed E-state index contributed by atoms with van der Waals surface area (Å²) in [5, 5.41) is 0. The molecule has 0 spiro atoms. The number of rotatable bonds is 4. The highest BCUT2D eigenvalue weighted by molar-refractivity contribution is 9.10. The molecule has 1 aromatic rings. The van der Waals surface area contributed by atoms with Crippen molar-refractivity contribution in [1.82, 2.24) is 0 Å². The first-order chi connectivity index (χ1) is 7.41. The normalized spacial score (nSPS) is 12.4. The van der Waals surface area contributed by atoms with Crippen molar-refractivity contribution in [1.29, 1.82) is 0 Å². The molecule has 0 aromatic heterocycles. The van der Waals surface area contributed by atoms with Crippen molar-refractivity contribution < 1.29 is 8.78 Å². The minimum Gasteiger partial charge on any atom is -0.324 e. The fraction of sp³-hybridized carbons (Fsp3) is 0.500. The summed E-state index contributed by atoms with van der Waals surface area (Å²) in [5.74, 6) is -0.682. The standard InChI is InChI=1S/C12H16BrF2N.ClH/c1-7(2)3-4-11(16)12-9(14)5-8(13)6-10(12)15;/h5-7,11H,3-4,16H2,1-2H3;1H/t11-;/m1./s1. The minimum atomic E-state index is -0.580. The van der Waals surface area contributed by atoms with Crippen LogP contribution in [-0.2, 0) is 0 Å². The van der Waals surface area contributed by atoms with E-state index in [9.17, 15) is 8.78 Å². The fourth-order valence-electron chi connectivity index (χ4n) is 1.56. The lowest BCUT2D eigenvalue weighted by Gasteiger charge is -2.15. The molecule has 0 bridgehead atoms. The molecule has 0 fully saturated rings. The minimum absolute atomic E-state index is 0. The molecule has 1 aromatic carbocycles. The Hall–Kier alpha value is -0.190. The van der Waals surface area contributed by atoms with E-state index < -0.39 is 17.7 Å². The van der Waals surface area contributed by atoms with E-state index in [4.69, 9.17) is 5.73 Å². The highest BCUT2D eigenvalue weighted by atomic mass is 79.9. The molecule has 0 amide bonds. The molecule has 0 aliphatic carbocycles. The fourth-order valence-corrected chi connectivity index (χ4v) is 1.97. The molecule has 1 rings (SSSR count). The van der Waals surface area contributed by atoms with Crippen LogP contribution in [0.25, 0.3) is 0 Å². The maximum absolute atomic E-state index is 13.5. The van der Waals surface area contributed by atoms with E-state index in [1.807, 2.05) is 0 Å². The van der Waals surface area contributed by atoms with Gasteiger partial charge in [0.1, 0.15) is 11.6 Å². The molecule has 1 nitrogen and oxygen atoms in total. The summed E-state index contributed by atoms with van der Waals surface area (Å²) < 4.78 is 27.5. The Labute approximate surface area is 115 Å². The maximum Gasteiger partial charge on any atom is 0.132 e. The van der Waals surface area contributed by atoms with Gasteiger partial charge in [0.15, 0.2) is 0 Å². The zero-order valence-corrected chi connectivity index (χ0v) is 12.2. The predicted molar refractivity (Wildman–Crippen MR) is 72.3 cm³/mol. The van der Waals surface area contributed by atoms with Gasteiger partial charge in [-0.3, -0.25) is 0 Å². The van der Waals surface area contributed by atoms with Gasteiger partial charge in [0.05, 0.1) is 0 Å². The summed E-state index contributed by atoms with van der Waals surface area (Å²) in [4.78, 5) is 0. The second-order valence-corrected chi connectivity index (χ2v) is 5.28. The van der Waals surface area contributed by atoms with E-state index in [2.05, 4.69) is 29.8 Å². The second-order valence-electron chi connectivity index (χ2n) is 4.36. The molecule has 0 saturated heterocycles. The first-order valence-corrected chi connectivity index (χ1v) is 6.11. The van der Waals surface area contributed by atoms with Crippen LogP contribution in [0.15, 0.2) is 16.6 Å². The predicted octanol–water partition coefficient (Wildman–Crippen LogP) is 4.59. The van der Waals surface area contributed by atoms with E-state index >= 15 is 0 Å². The third-order valence-electron chi connectivity index (χ3n) is 2.47. The van der Waals surface area contributed by atoms with Crippen molar-refractivity contribution in [3.63, 3.8) is 0 Å². The van der Waals surface area contributed by atoms with Crippen molar-refractivity contribution in [2.75, 3.05) is 0 Å². The van der Waals surface area contributed by atoms with Crippen molar-refractivity contribution in [3.8, 4) is 0 Å². The van der Waals surface area contributed by atoms with E-state index in [1.54, 1.807) is 0 Å². The lowest BCUT2D eigenvalue weighted by atomic mass is 9.97. The molecule has 0 unspecified atom stereocenters. The van der Waals surface area contributed by atoms with Crippen molar-refractivity contribution in [2.45, 2.75) is 32.7 Å². The van der Waals surface area contributed by atoms with Crippen LogP contribution in [-0.4, -0.2) is 0 Å². The summed E-state index contributed by atoms with van der Waals surface area (Å²) in [5.41, 5.74) is 5.79. The van der Waals surface area contributed by atoms with Gasteiger partial charge in [-0.1, -0.05) is 29.8 Å². The Bertz CT molecular complexity index is 349. The van der Waals surface area contributed by atoms with Crippen LogP contribution in [0.5, 0.6) is 0 Å². The van der Waals surface area contributed by atoms with Gasteiger partial charge in [0, 0.05) is 16.1 Å². The van der Waals surface area contributed by atoms with Crippen molar-refractivity contribution in [2.24, 2.45) is 11.7 Å². The van der Waals surface area contributed by atoms with Gasteiger partial charge in [0.25, 0.3) is 0 Å². The van der Waals surface area contributed by atoms with Gasteiger partial charge in [-0.25, -0.2) is 8.78 Å². The highest BCUT2D eigenvalue weighted by Crippen LogP contribution is 2.26. The zero-order valence-electron chi connectivity index (χ0n) is 9.84. The Morgan fingerprint density at radius 3 is 2.06 bits per heavy atom. The number of halogens is 4. The van der Waals surface area contributed by atoms with Gasteiger partial charge in [-0.15, -0.1) is 12.4 Å². The molecule has 0 heterocycles. The first kappa shape index (κ1) is 16.8. The lowest BCUT2D eigenvalue weighted by molar-refractivity contribution is 0.468. The Morgan fingerprint density at radius 2 is 1.65 bits per heavy atom. The molecule has 5 heteroatoms. The smallest absolute Gasteiger partial charge is 0.132 e. The van der Waals surface area contributed by atoms with E-state index in [-0.39, 0.29) is 18.0 Å². The first-order valence-electron chi connectivity index (χ1n) is 5.31. The number of benzene rings is 1. The van der Waals surface area contributed by atoms with Gasteiger partial charge in [-0.05, 0) is 30.9 Å². The number of hydrogen-bond donors (Lipinski definition) is 1. The second kappa shape index (κ2) is 7.29. The lowest BCUT2D eigenvalue weighted by Crippen LogP contribution is -2.15. The topological polar surface area (TPSA) is 26.0 Å². The molecule has 0 radical (unpaired) electrons. The Kier molecular flexibility index (Phi) is 7.21. The van der Waals surface area contributed by atoms with Crippen LogP contribution >= 0.6 is 28.3 Å². The number of nitrogens with two attached hydrogens (primary N) is 1. The molecule has 0 aliphatic heterocycles. The SMILES string of the molecule is CC(C)CC[C@@H](N)c1c(F)cc(Br)cc1F.Cl. The highest BCUT2D eigenvalue weighted by Gasteiger charge is 2.17. The quantitative estimate of drug-likeness (QED) is 0.860. The number of hydrogen-bond acceptors (Lipinski definition) is 1. The van der Waals surface area contributed by atoms with E-state index in [0.29, 0.717) is 16.8 Å². The average molecular weight is 329 g/mol. The Morgan fingerprint density at radius 1 is 1.18 bits per heavy atom. The molecule has 2 N–H and O–H groups in total. The zero-order chi connectivity index (χ0) is 12.3. The van der Waals surface area contributed by atoms with Gasteiger partial charge >= 0.3 is 0 Å². The molecule has 17 heavy (non-hydrogen) atoms. The van der Waals surface area contributed by atoms with Crippen LogP contribution in [0.1, 0.15) is 38.3 Å². The van der Waals surface area contributed by atoms with Gasteiger partial charge < -0.3 is 5.73 Å². The van der Waals surface area contributed by atoms with Crippen molar-refractivity contribution in [3.05, 3.63) is 33.8 Å². The van der Waals surface area contributed by atoms with Crippen LogP contribution in [0.2, 0.25) is 0 Å². The average Bonchev–Trinajstić information content (AvgIpc) is 2.12. The molecule has 98 valence electrons. The summed E-state index contributed by atoms with van der Waals surface area (Å²) in [7, 11) is 0. The Balaban J connectivity index is 0.00000256. The molecular weight excluding hydrogens is 311 g/mol. The monoisotopic (exact) mass is 327 g/mol. The summed E-state index contributed by atoms with van der Waals surface area (Å²) >= 11 is 3.04. The van der Waals surface area contributed by atoms with Crippen LogP contribution in [0, 0.1) is 17.6 Å². The third kappa shape index (κ3) is 4.90. The molecular formula is C12H17BrClF2N. The van der Waals surface area contributed by atoms with Crippen molar-refractivity contribution >= 4 is 28.3 Å². The summed E-state index contributed by atoms with van der Waals surface area (Å²) in [6, 6.07) is 1.91. The maximum atomic E-state index is 13.5. The van der Waals surface area contributed by atoms with Gasteiger partial charge in [-0.2, -0.15) is 0 Å². The molecule has 0 aliphatic rings. The summed E-state index contributed by atoms with van der Waals surface area (Å²) in [6.45, 7) is 4.11. The largest absolute Gasteiger partial charge is 0.324 e. The molecule has 1 atom stereocenters.